The topological polar surface area (TPSA) is 64.0 Å². The average Bonchev–Trinajstić information content (AvgIpc) is 2.65. The van der Waals surface area contributed by atoms with Gasteiger partial charge in [0, 0.05) is 11.6 Å². The molecule has 0 fully saturated rings. The zero-order chi connectivity index (χ0) is 18.5. The molecule has 1 aromatic heterocycles. The predicted octanol–water partition coefficient (Wildman–Crippen LogP) is 3.41. The van der Waals surface area contributed by atoms with Crippen molar-refractivity contribution in [2.45, 2.75) is 11.7 Å². The Morgan fingerprint density at radius 1 is 1.15 bits per heavy atom. The van der Waals surface area contributed by atoms with Crippen LogP contribution in [0.4, 0.5) is 10.1 Å². The van der Waals surface area contributed by atoms with Crippen LogP contribution in [0, 0.1) is 5.82 Å². The van der Waals surface area contributed by atoms with Gasteiger partial charge in [-0.3, -0.25) is 14.2 Å². The first-order chi connectivity index (χ1) is 12.6. The van der Waals surface area contributed by atoms with E-state index in [2.05, 4.69) is 10.3 Å². The second-order valence-electron chi connectivity index (χ2n) is 5.45. The molecule has 3 rings (SSSR count). The molecule has 0 aliphatic heterocycles. The van der Waals surface area contributed by atoms with Gasteiger partial charge in [0.1, 0.15) is 12.4 Å². The van der Waals surface area contributed by atoms with Crippen molar-refractivity contribution < 1.29 is 9.18 Å². The number of hydrogen-bond donors (Lipinski definition) is 1. The van der Waals surface area contributed by atoms with Crippen LogP contribution >= 0.6 is 11.8 Å². The van der Waals surface area contributed by atoms with E-state index in [0.717, 1.165) is 5.56 Å². The SMILES string of the molecule is CSc1nc(-c2ccccc2)cc(=O)n1CC(=O)Nc1ccccc1F. The van der Waals surface area contributed by atoms with Crippen molar-refractivity contribution in [3.63, 3.8) is 0 Å². The fourth-order valence-electron chi connectivity index (χ4n) is 2.44. The molecule has 7 heteroatoms. The van der Waals surface area contributed by atoms with Crippen LogP contribution in [0.15, 0.2) is 70.6 Å². The lowest BCUT2D eigenvalue weighted by Crippen LogP contribution is -2.29. The number of anilines is 1. The number of hydrogen-bond acceptors (Lipinski definition) is 4. The van der Waals surface area contributed by atoms with Crippen LogP contribution < -0.4 is 10.9 Å². The summed E-state index contributed by atoms with van der Waals surface area (Å²) in [5.41, 5.74) is 1.10. The molecule has 0 saturated carbocycles. The molecule has 5 nitrogen and oxygen atoms in total. The van der Waals surface area contributed by atoms with Crippen LogP contribution in [0.2, 0.25) is 0 Å². The molecule has 1 N–H and O–H groups in total. The second-order valence-corrected chi connectivity index (χ2v) is 6.22. The van der Waals surface area contributed by atoms with Crippen LogP contribution in [0.3, 0.4) is 0 Å². The van der Waals surface area contributed by atoms with E-state index in [4.69, 9.17) is 0 Å². The molecule has 1 amide bonds. The molecule has 0 aliphatic rings. The number of nitrogens with one attached hydrogen (secondary N) is 1. The number of amides is 1. The normalized spacial score (nSPS) is 10.5. The van der Waals surface area contributed by atoms with Crippen molar-refractivity contribution in [2.24, 2.45) is 0 Å². The second kappa shape index (κ2) is 7.97. The van der Waals surface area contributed by atoms with E-state index in [0.29, 0.717) is 10.9 Å². The van der Waals surface area contributed by atoms with Gasteiger partial charge in [-0.15, -0.1) is 0 Å². The first-order valence-electron chi connectivity index (χ1n) is 7.84. The minimum absolute atomic E-state index is 0.0742. The van der Waals surface area contributed by atoms with Crippen LogP contribution in [0.25, 0.3) is 11.3 Å². The maximum absolute atomic E-state index is 13.7. The Morgan fingerprint density at radius 3 is 2.54 bits per heavy atom. The van der Waals surface area contributed by atoms with Crippen molar-refractivity contribution in [3.05, 3.63) is 76.8 Å². The summed E-state index contributed by atoms with van der Waals surface area (Å²) in [6.07, 6.45) is 1.78. The first kappa shape index (κ1) is 17.9. The zero-order valence-corrected chi connectivity index (χ0v) is 14.8. The Kier molecular flexibility index (Phi) is 5.48. The third-order valence-corrected chi connectivity index (χ3v) is 4.35. The molecule has 0 unspecified atom stereocenters. The minimum Gasteiger partial charge on any atom is -0.322 e. The van der Waals surface area contributed by atoms with Crippen molar-refractivity contribution >= 4 is 23.4 Å². The molecule has 3 aromatic rings. The monoisotopic (exact) mass is 369 g/mol. The number of nitrogens with zero attached hydrogens (tertiary/aromatic N) is 2. The molecule has 1 heterocycles. The molecular formula is C19H16FN3O2S. The van der Waals surface area contributed by atoms with Gasteiger partial charge in [-0.1, -0.05) is 54.2 Å². The number of para-hydroxylation sites is 1. The first-order valence-corrected chi connectivity index (χ1v) is 9.06. The number of benzene rings is 2. The molecule has 2 aromatic carbocycles. The van der Waals surface area contributed by atoms with Gasteiger partial charge in [0.15, 0.2) is 5.16 Å². The highest BCUT2D eigenvalue weighted by atomic mass is 32.2. The Bertz CT molecular complexity index is 990. The average molecular weight is 369 g/mol. The number of carbonyl (C=O) groups is 1. The summed E-state index contributed by atoms with van der Waals surface area (Å²) in [5.74, 6) is -1.03. The van der Waals surface area contributed by atoms with E-state index < -0.39 is 11.7 Å². The predicted molar refractivity (Wildman–Crippen MR) is 101 cm³/mol. The van der Waals surface area contributed by atoms with Crippen molar-refractivity contribution in [2.75, 3.05) is 11.6 Å². The summed E-state index contributed by atoms with van der Waals surface area (Å²) in [6, 6.07) is 16.6. The lowest BCUT2D eigenvalue weighted by molar-refractivity contribution is -0.116. The summed E-state index contributed by atoms with van der Waals surface area (Å²) < 4.78 is 14.9. The Balaban J connectivity index is 1.87. The molecule has 0 atom stereocenters. The van der Waals surface area contributed by atoms with E-state index in [1.807, 2.05) is 30.3 Å². The van der Waals surface area contributed by atoms with E-state index in [9.17, 15) is 14.0 Å². The molecule has 0 aliphatic carbocycles. The van der Waals surface area contributed by atoms with E-state index in [1.165, 1.54) is 40.6 Å². The molecule has 26 heavy (non-hydrogen) atoms. The number of rotatable bonds is 5. The standard InChI is InChI=1S/C19H16FN3O2S/c1-26-19-22-16(13-7-3-2-4-8-13)11-18(25)23(19)12-17(24)21-15-10-6-5-9-14(15)20/h2-11H,12H2,1H3,(H,21,24). The van der Waals surface area contributed by atoms with Crippen molar-refractivity contribution in [1.29, 1.82) is 0 Å². The lowest BCUT2D eigenvalue weighted by atomic mass is 10.1. The zero-order valence-electron chi connectivity index (χ0n) is 14.0. The van der Waals surface area contributed by atoms with E-state index in [1.54, 1.807) is 12.3 Å². The highest BCUT2D eigenvalue weighted by molar-refractivity contribution is 7.98. The minimum atomic E-state index is -0.532. The maximum atomic E-state index is 13.7. The van der Waals surface area contributed by atoms with Crippen LogP contribution in [0.5, 0.6) is 0 Å². The number of aromatic nitrogens is 2. The molecule has 132 valence electrons. The van der Waals surface area contributed by atoms with Gasteiger partial charge in [0.25, 0.3) is 5.56 Å². The van der Waals surface area contributed by atoms with Crippen molar-refractivity contribution in [1.82, 2.24) is 9.55 Å². The molecule has 0 saturated heterocycles. The van der Waals surface area contributed by atoms with Gasteiger partial charge in [-0.25, -0.2) is 9.37 Å². The van der Waals surface area contributed by atoms with Gasteiger partial charge in [0.05, 0.1) is 11.4 Å². The third-order valence-electron chi connectivity index (χ3n) is 3.68. The quantitative estimate of drug-likeness (QED) is 0.553. The van der Waals surface area contributed by atoms with E-state index >= 15 is 0 Å². The lowest BCUT2D eigenvalue weighted by Gasteiger charge is -2.12. The van der Waals surface area contributed by atoms with Gasteiger partial charge in [-0.05, 0) is 18.4 Å². The number of carbonyl (C=O) groups excluding carboxylic acids is 1. The van der Waals surface area contributed by atoms with Crippen LogP contribution in [0.1, 0.15) is 0 Å². The van der Waals surface area contributed by atoms with Gasteiger partial charge in [0.2, 0.25) is 5.91 Å². The molecule has 0 bridgehead atoms. The highest BCUT2D eigenvalue weighted by Gasteiger charge is 2.14. The van der Waals surface area contributed by atoms with Crippen LogP contribution in [-0.4, -0.2) is 21.7 Å². The summed E-state index contributed by atoms with van der Waals surface area (Å²) in [4.78, 5) is 29.2. The molecule has 0 radical (unpaired) electrons. The van der Waals surface area contributed by atoms with Gasteiger partial charge >= 0.3 is 0 Å². The van der Waals surface area contributed by atoms with Crippen LogP contribution in [-0.2, 0) is 11.3 Å². The van der Waals surface area contributed by atoms with Crippen molar-refractivity contribution in [3.8, 4) is 11.3 Å². The summed E-state index contributed by atoms with van der Waals surface area (Å²) in [5, 5.41) is 2.89. The number of thioether (sulfide) groups is 1. The summed E-state index contributed by atoms with van der Waals surface area (Å²) in [7, 11) is 0. The fraction of sp³-hybridized carbons (Fsp3) is 0.105. The Hall–Kier alpha value is -2.93. The van der Waals surface area contributed by atoms with Gasteiger partial charge in [-0.2, -0.15) is 0 Å². The summed E-state index contributed by atoms with van der Waals surface area (Å²) >= 11 is 1.27. The fourth-order valence-corrected chi connectivity index (χ4v) is 3.00. The molecular weight excluding hydrogens is 353 g/mol. The Labute approximate surface area is 153 Å². The smallest absolute Gasteiger partial charge is 0.255 e. The van der Waals surface area contributed by atoms with Gasteiger partial charge < -0.3 is 5.32 Å². The highest BCUT2D eigenvalue weighted by Crippen LogP contribution is 2.19. The maximum Gasteiger partial charge on any atom is 0.255 e. The largest absolute Gasteiger partial charge is 0.322 e. The van der Waals surface area contributed by atoms with E-state index in [-0.39, 0.29) is 17.8 Å². The Morgan fingerprint density at radius 2 is 1.85 bits per heavy atom. The number of halogens is 1. The molecule has 0 spiro atoms. The summed E-state index contributed by atoms with van der Waals surface area (Å²) in [6.45, 7) is -0.245. The third kappa shape index (κ3) is 4.00.